The minimum atomic E-state index is -0.512. The molecule has 33 heavy (non-hydrogen) atoms. The molecular weight excluding hydrogens is 448 g/mol. The summed E-state index contributed by atoms with van der Waals surface area (Å²) >= 11 is 1.22. The molecule has 0 bridgehead atoms. The van der Waals surface area contributed by atoms with E-state index in [0.717, 1.165) is 17.6 Å². The number of hydrogen-bond donors (Lipinski definition) is 3. The molecule has 0 radical (unpaired) electrons. The number of fused-ring (bicyclic) bond motifs is 3. The van der Waals surface area contributed by atoms with Crippen LogP contribution in [0.1, 0.15) is 20.9 Å². The van der Waals surface area contributed by atoms with Crippen LogP contribution in [-0.4, -0.2) is 48.2 Å². The molecule has 3 fully saturated rings. The van der Waals surface area contributed by atoms with Gasteiger partial charge >= 0.3 is 0 Å². The standard InChI is InChI=1S/C23H21F2N5O2S/c1-8-2-3-10-17(26)21(33-23(10)28-8)22(31)29-9-4-11-12(24)5-13(16(25)20(11)32-7-9)30-14-6-27-18-15(14)19(18)30/h2-3,5,9,14-15,18-19,27H,4,6-7,26H2,1H3,(H,29,31)/t9-,14-,15?,18+,19?/m1/s1. The van der Waals surface area contributed by atoms with Crippen molar-refractivity contribution in [3.05, 3.63) is 46.0 Å². The summed E-state index contributed by atoms with van der Waals surface area (Å²) in [5.41, 5.74) is 7.83. The molecule has 5 heterocycles. The van der Waals surface area contributed by atoms with Crippen LogP contribution in [0.4, 0.5) is 20.2 Å². The molecule has 1 amide bonds. The number of nitrogen functional groups attached to an aromatic ring is 1. The highest BCUT2D eigenvalue weighted by Crippen LogP contribution is 2.58. The molecule has 0 spiro atoms. The molecule has 7 rings (SSSR count). The van der Waals surface area contributed by atoms with Gasteiger partial charge in [-0.05, 0) is 19.1 Å². The first kappa shape index (κ1) is 19.5. The number of hydrogen-bond acceptors (Lipinski definition) is 7. The number of halogens is 2. The third-order valence-electron chi connectivity index (χ3n) is 7.40. The van der Waals surface area contributed by atoms with E-state index in [4.69, 9.17) is 10.5 Å². The van der Waals surface area contributed by atoms with E-state index in [1.54, 1.807) is 0 Å². The van der Waals surface area contributed by atoms with Crippen molar-refractivity contribution in [2.75, 3.05) is 23.8 Å². The fourth-order valence-corrected chi connectivity index (χ4v) is 6.83. The number of thiophene rings is 1. The SMILES string of the molecule is Cc1ccc2c(N)c(C(=O)N[C@H]3COc4c(F)c(N5C6C7[C@@H]6NC[C@H]75)cc(F)c4C3)sc2n1. The highest BCUT2D eigenvalue weighted by atomic mass is 32.1. The van der Waals surface area contributed by atoms with Gasteiger partial charge < -0.3 is 26.0 Å². The number of nitrogens with zero attached hydrogens (tertiary/aromatic N) is 2. The Labute approximate surface area is 191 Å². The van der Waals surface area contributed by atoms with E-state index in [1.165, 1.54) is 17.4 Å². The van der Waals surface area contributed by atoms with Crippen molar-refractivity contribution in [3.8, 4) is 5.75 Å². The van der Waals surface area contributed by atoms with Gasteiger partial charge in [-0.2, -0.15) is 0 Å². The number of rotatable bonds is 3. The van der Waals surface area contributed by atoms with E-state index in [0.29, 0.717) is 27.4 Å². The summed E-state index contributed by atoms with van der Waals surface area (Å²) in [6.07, 6.45) is 0.145. The number of pyridine rings is 1. The Morgan fingerprint density at radius 1 is 1.39 bits per heavy atom. The zero-order valence-electron chi connectivity index (χ0n) is 17.7. The minimum Gasteiger partial charge on any atom is -0.488 e. The number of benzene rings is 1. The first-order chi connectivity index (χ1) is 15.9. The monoisotopic (exact) mass is 469 g/mol. The Balaban J connectivity index is 1.13. The van der Waals surface area contributed by atoms with Crippen LogP contribution in [0.15, 0.2) is 18.2 Å². The molecule has 1 aromatic carbocycles. The van der Waals surface area contributed by atoms with Crippen LogP contribution in [0.3, 0.4) is 0 Å². The number of ether oxygens (including phenoxy) is 1. The van der Waals surface area contributed by atoms with Gasteiger partial charge in [0.1, 0.15) is 22.1 Å². The quantitative estimate of drug-likeness (QED) is 0.546. The number of carbonyl (C=O) groups excluding carboxylic acids is 1. The predicted molar refractivity (Wildman–Crippen MR) is 121 cm³/mol. The van der Waals surface area contributed by atoms with Gasteiger partial charge in [0.05, 0.1) is 23.5 Å². The third-order valence-corrected chi connectivity index (χ3v) is 8.52. The maximum absolute atomic E-state index is 15.3. The lowest BCUT2D eigenvalue weighted by molar-refractivity contribution is 0.0918. The molecule has 5 atom stereocenters. The van der Waals surface area contributed by atoms with Gasteiger partial charge in [0.2, 0.25) is 0 Å². The van der Waals surface area contributed by atoms with Crippen molar-refractivity contribution in [2.45, 2.75) is 37.5 Å². The smallest absolute Gasteiger partial charge is 0.263 e. The summed E-state index contributed by atoms with van der Waals surface area (Å²) in [5, 5.41) is 7.00. The maximum atomic E-state index is 15.3. The second kappa shape index (κ2) is 6.54. The predicted octanol–water partition coefficient (Wildman–Crippen LogP) is 2.36. The fourth-order valence-electron chi connectivity index (χ4n) is 5.78. The van der Waals surface area contributed by atoms with Crippen LogP contribution in [0.25, 0.3) is 10.2 Å². The number of piperazine rings is 1. The summed E-state index contributed by atoms with van der Waals surface area (Å²) in [6.45, 7) is 2.73. The molecule has 10 heteroatoms. The Hall–Kier alpha value is -2.98. The van der Waals surface area contributed by atoms with Gasteiger partial charge in [-0.15, -0.1) is 11.3 Å². The van der Waals surface area contributed by atoms with Crippen molar-refractivity contribution in [1.29, 1.82) is 0 Å². The van der Waals surface area contributed by atoms with Crippen molar-refractivity contribution in [1.82, 2.24) is 15.6 Å². The second-order valence-electron chi connectivity index (χ2n) is 9.31. The second-order valence-corrected chi connectivity index (χ2v) is 10.3. The summed E-state index contributed by atoms with van der Waals surface area (Å²) in [5.74, 6) is -0.864. The average molecular weight is 470 g/mol. The minimum absolute atomic E-state index is 0.0375. The van der Waals surface area contributed by atoms with Crippen LogP contribution < -0.4 is 26.0 Å². The van der Waals surface area contributed by atoms with Crippen molar-refractivity contribution >= 4 is 38.8 Å². The van der Waals surface area contributed by atoms with E-state index in [-0.39, 0.29) is 48.0 Å². The third kappa shape index (κ3) is 2.61. The molecule has 3 aliphatic heterocycles. The van der Waals surface area contributed by atoms with Gasteiger partial charge in [-0.1, -0.05) is 0 Å². The van der Waals surface area contributed by atoms with Crippen molar-refractivity contribution < 1.29 is 18.3 Å². The number of nitrogens with two attached hydrogens (primary N) is 1. The lowest BCUT2D eigenvalue weighted by Crippen LogP contribution is -2.56. The lowest BCUT2D eigenvalue weighted by Gasteiger charge is -2.43. The highest BCUT2D eigenvalue weighted by molar-refractivity contribution is 7.21. The molecule has 1 aliphatic carbocycles. The summed E-state index contributed by atoms with van der Waals surface area (Å²) in [6, 6.07) is 5.36. The first-order valence-corrected chi connectivity index (χ1v) is 11.9. The number of amides is 1. The molecule has 2 unspecified atom stereocenters. The van der Waals surface area contributed by atoms with E-state index in [1.807, 2.05) is 24.0 Å². The van der Waals surface area contributed by atoms with Crippen LogP contribution in [0.2, 0.25) is 0 Å². The molecular formula is C23H21F2N5O2S. The largest absolute Gasteiger partial charge is 0.488 e. The Morgan fingerprint density at radius 2 is 2.24 bits per heavy atom. The maximum Gasteiger partial charge on any atom is 0.263 e. The normalized spacial score (nSPS) is 28.7. The van der Waals surface area contributed by atoms with E-state index in [9.17, 15) is 4.79 Å². The molecule has 170 valence electrons. The number of piperidine rings is 1. The van der Waals surface area contributed by atoms with Gasteiger partial charge in [0, 0.05) is 53.7 Å². The summed E-state index contributed by atoms with van der Waals surface area (Å²) in [7, 11) is 0. The van der Waals surface area contributed by atoms with Crippen LogP contribution in [0.5, 0.6) is 5.75 Å². The molecule has 4 aliphatic rings. The Bertz CT molecular complexity index is 1360. The van der Waals surface area contributed by atoms with Gasteiger partial charge in [0.15, 0.2) is 11.6 Å². The van der Waals surface area contributed by atoms with Gasteiger partial charge in [-0.25, -0.2) is 13.8 Å². The van der Waals surface area contributed by atoms with Crippen molar-refractivity contribution in [2.24, 2.45) is 5.92 Å². The number of carbonyl (C=O) groups is 1. The average Bonchev–Trinajstić information content (AvgIpc) is 3.06. The Morgan fingerprint density at radius 3 is 3.00 bits per heavy atom. The van der Waals surface area contributed by atoms with Crippen molar-refractivity contribution in [3.63, 3.8) is 0 Å². The number of nitrogens with one attached hydrogen (secondary N) is 2. The van der Waals surface area contributed by atoms with Gasteiger partial charge in [0.25, 0.3) is 5.91 Å². The van der Waals surface area contributed by atoms with E-state index in [2.05, 4.69) is 15.6 Å². The zero-order valence-corrected chi connectivity index (χ0v) is 18.5. The summed E-state index contributed by atoms with van der Waals surface area (Å²) in [4.78, 5) is 20.4. The lowest BCUT2D eigenvalue weighted by atomic mass is 9.97. The van der Waals surface area contributed by atoms with E-state index >= 15 is 8.78 Å². The van der Waals surface area contributed by atoms with Crippen LogP contribution in [-0.2, 0) is 6.42 Å². The molecule has 3 aromatic rings. The Kier molecular flexibility index (Phi) is 3.86. The fraction of sp³-hybridized carbons (Fsp3) is 0.391. The highest BCUT2D eigenvalue weighted by Gasteiger charge is 2.72. The topological polar surface area (TPSA) is 92.5 Å². The van der Waals surface area contributed by atoms with Crippen LogP contribution >= 0.6 is 11.3 Å². The number of aromatic nitrogens is 1. The van der Waals surface area contributed by atoms with E-state index < -0.39 is 17.7 Å². The molecule has 1 saturated carbocycles. The number of aryl methyl sites for hydroxylation is 1. The van der Waals surface area contributed by atoms with Crippen LogP contribution in [0, 0.1) is 24.5 Å². The first-order valence-electron chi connectivity index (χ1n) is 11.0. The zero-order chi connectivity index (χ0) is 22.6. The molecule has 4 N–H and O–H groups in total. The summed E-state index contributed by atoms with van der Waals surface area (Å²) < 4.78 is 36.0. The molecule has 2 aromatic heterocycles. The number of anilines is 2. The van der Waals surface area contributed by atoms with Gasteiger partial charge in [-0.3, -0.25) is 4.79 Å². The molecule has 2 saturated heterocycles. The molecule has 7 nitrogen and oxygen atoms in total.